The molecule has 0 bridgehead atoms. The molecule has 0 saturated carbocycles. The van der Waals surface area contributed by atoms with Crippen molar-refractivity contribution in [3.8, 4) is 5.75 Å². The van der Waals surface area contributed by atoms with Gasteiger partial charge in [0.1, 0.15) is 22.8 Å². The zero-order valence-electron chi connectivity index (χ0n) is 20.9. The lowest BCUT2D eigenvalue weighted by Crippen LogP contribution is -2.44. The summed E-state index contributed by atoms with van der Waals surface area (Å²) < 4.78 is 16.1. The predicted octanol–water partition coefficient (Wildman–Crippen LogP) is 3.75. The molecule has 3 N–H and O–H groups in total. The third-order valence-electron chi connectivity index (χ3n) is 3.86. The smallest absolute Gasteiger partial charge is 0.414 e. The first kappa shape index (κ1) is 27.7. The van der Waals surface area contributed by atoms with Crippen LogP contribution in [-0.4, -0.2) is 67.3 Å². The number of amidine groups is 1. The number of nitrogens with zero attached hydrogens (tertiary/aromatic N) is 2. The van der Waals surface area contributed by atoms with Crippen LogP contribution in [0.2, 0.25) is 0 Å². The van der Waals surface area contributed by atoms with Crippen LogP contribution in [-0.2, 0) is 9.47 Å². The van der Waals surface area contributed by atoms with Gasteiger partial charge in [0.25, 0.3) is 0 Å². The van der Waals surface area contributed by atoms with E-state index in [9.17, 15) is 9.59 Å². The van der Waals surface area contributed by atoms with E-state index in [1.807, 2.05) is 7.05 Å². The number of aliphatic imine (C=N–C) groups is 1. The molecule has 0 aliphatic heterocycles. The zero-order chi connectivity index (χ0) is 25.2. The Morgan fingerprint density at radius 1 is 0.970 bits per heavy atom. The van der Waals surface area contributed by atoms with E-state index in [0.29, 0.717) is 36.8 Å². The fourth-order valence-corrected chi connectivity index (χ4v) is 2.51. The molecule has 0 spiro atoms. The van der Waals surface area contributed by atoms with Crippen molar-refractivity contribution in [2.45, 2.75) is 59.2 Å². The number of carbonyl (C=O) groups excluding carboxylic acids is 2. The standard InChI is InChI=1S/C23H37N5O5/c1-22(2,3)32-20(29)26-18(24)16-10-12-17(13-11-16)31-15-9-14-28(8)19(25-7)27-21(30)33-23(4,5)6/h10-13H,9,14-15H2,1-8H3,(H2,24,26,29)(H,25,27,30). The minimum Gasteiger partial charge on any atom is -0.494 e. The molecular weight excluding hydrogens is 426 g/mol. The first-order valence-corrected chi connectivity index (χ1v) is 10.7. The SMILES string of the molecule is CN=C(NC(=O)OC(C)(C)C)N(C)CCCOc1ccc(C(=N)NC(=O)OC(C)(C)C)cc1. The van der Waals surface area contributed by atoms with E-state index in [2.05, 4.69) is 15.6 Å². The fourth-order valence-electron chi connectivity index (χ4n) is 2.51. The number of amides is 2. The van der Waals surface area contributed by atoms with Gasteiger partial charge < -0.3 is 19.1 Å². The lowest BCUT2D eigenvalue weighted by Gasteiger charge is -2.24. The third kappa shape index (κ3) is 11.8. The average molecular weight is 464 g/mol. The molecule has 0 radical (unpaired) electrons. The Morgan fingerprint density at radius 2 is 1.48 bits per heavy atom. The van der Waals surface area contributed by atoms with E-state index in [1.54, 1.807) is 77.8 Å². The second-order valence-electron chi connectivity index (χ2n) is 9.32. The number of hydrogen-bond acceptors (Lipinski definition) is 7. The molecule has 33 heavy (non-hydrogen) atoms. The Bertz CT molecular complexity index is 838. The number of benzene rings is 1. The van der Waals surface area contributed by atoms with Crippen LogP contribution in [0.5, 0.6) is 5.75 Å². The first-order chi connectivity index (χ1) is 15.2. The molecule has 10 heteroatoms. The number of nitrogens with one attached hydrogen (secondary N) is 3. The Hall–Kier alpha value is -3.30. The number of carbonyl (C=O) groups is 2. The molecular formula is C23H37N5O5. The maximum absolute atomic E-state index is 11.9. The van der Waals surface area contributed by atoms with Crippen LogP contribution in [0.1, 0.15) is 53.5 Å². The van der Waals surface area contributed by atoms with Gasteiger partial charge in [0.2, 0.25) is 5.96 Å². The lowest BCUT2D eigenvalue weighted by atomic mass is 10.2. The van der Waals surface area contributed by atoms with Gasteiger partial charge in [-0.25, -0.2) is 9.59 Å². The first-order valence-electron chi connectivity index (χ1n) is 10.7. The number of ether oxygens (including phenoxy) is 3. The minimum atomic E-state index is -0.673. The molecule has 2 amide bonds. The molecule has 184 valence electrons. The largest absolute Gasteiger partial charge is 0.494 e. The molecule has 0 unspecified atom stereocenters. The molecule has 1 aromatic carbocycles. The number of alkyl carbamates (subject to hydrolysis) is 2. The molecule has 0 fully saturated rings. The van der Waals surface area contributed by atoms with Gasteiger partial charge in [0, 0.05) is 26.2 Å². The zero-order valence-corrected chi connectivity index (χ0v) is 20.9. The summed E-state index contributed by atoms with van der Waals surface area (Å²) in [5, 5.41) is 13.0. The summed E-state index contributed by atoms with van der Waals surface area (Å²) in [6, 6.07) is 6.84. The van der Waals surface area contributed by atoms with Crippen molar-refractivity contribution < 1.29 is 23.8 Å². The van der Waals surface area contributed by atoms with Crippen LogP contribution < -0.4 is 15.4 Å². The van der Waals surface area contributed by atoms with Gasteiger partial charge in [-0.15, -0.1) is 0 Å². The summed E-state index contributed by atoms with van der Waals surface area (Å²) in [7, 11) is 3.41. The van der Waals surface area contributed by atoms with Crippen molar-refractivity contribution in [1.29, 1.82) is 5.41 Å². The molecule has 0 heterocycles. The minimum absolute atomic E-state index is 0.0544. The van der Waals surface area contributed by atoms with Crippen LogP contribution in [0.25, 0.3) is 0 Å². The van der Waals surface area contributed by atoms with Gasteiger partial charge in [-0.1, -0.05) is 0 Å². The Morgan fingerprint density at radius 3 is 1.97 bits per heavy atom. The Kier molecular flexibility index (Phi) is 10.2. The maximum atomic E-state index is 11.9. The van der Waals surface area contributed by atoms with E-state index in [0.717, 1.165) is 0 Å². The van der Waals surface area contributed by atoms with E-state index in [4.69, 9.17) is 19.6 Å². The molecule has 0 aliphatic rings. The summed E-state index contributed by atoms with van der Waals surface area (Å²) in [6.45, 7) is 11.7. The summed E-state index contributed by atoms with van der Waals surface area (Å²) in [5.41, 5.74) is -0.689. The van der Waals surface area contributed by atoms with Gasteiger partial charge in [-0.05, 0) is 72.2 Å². The highest BCUT2D eigenvalue weighted by atomic mass is 16.6. The van der Waals surface area contributed by atoms with Gasteiger partial charge >= 0.3 is 12.2 Å². The van der Waals surface area contributed by atoms with E-state index >= 15 is 0 Å². The quantitative estimate of drug-likeness (QED) is 0.335. The van der Waals surface area contributed by atoms with Gasteiger partial charge in [-0.2, -0.15) is 0 Å². The average Bonchev–Trinajstić information content (AvgIpc) is 2.66. The monoisotopic (exact) mass is 463 g/mol. The molecule has 0 saturated heterocycles. The third-order valence-corrected chi connectivity index (χ3v) is 3.86. The molecule has 1 rings (SSSR count). The van der Waals surface area contributed by atoms with Crippen molar-refractivity contribution in [2.24, 2.45) is 4.99 Å². The lowest BCUT2D eigenvalue weighted by molar-refractivity contribution is 0.0547. The highest BCUT2D eigenvalue weighted by Gasteiger charge is 2.19. The van der Waals surface area contributed by atoms with Crippen LogP contribution >= 0.6 is 0 Å². The van der Waals surface area contributed by atoms with E-state index in [1.165, 1.54) is 0 Å². The summed E-state index contributed by atoms with van der Waals surface area (Å²) in [4.78, 5) is 29.6. The van der Waals surface area contributed by atoms with Crippen molar-refractivity contribution in [1.82, 2.24) is 15.5 Å². The Balaban J connectivity index is 2.44. The number of rotatable bonds is 6. The van der Waals surface area contributed by atoms with Crippen LogP contribution in [0.3, 0.4) is 0 Å². The molecule has 0 aliphatic carbocycles. The van der Waals surface area contributed by atoms with Crippen LogP contribution in [0, 0.1) is 5.41 Å². The van der Waals surface area contributed by atoms with Gasteiger partial charge in [0.15, 0.2) is 0 Å². The second kappa shape index (κ2) is 12.1. The highest BCUT2D eigenvalue weighted by molar-refractivity contribution is 6.04. The van der Waals surface area contributed by atoms with Crippen molar-refractivity contribution >= 4 is 24.0 Å². The van der Waals surface area contributed by atoms with Crippen molar-refractivity contribution in [3.63, 3.8) is 0 Å². The van der Waals surface area contributed by atoms with Crippen LogP contribution in [0.4, 0.5) is 9.59 Å². The maximum Gasteiger partial charge on any atom is 0.414 e. The molecule has 1 aromatic rings. The van der Waals surface area contributed by atoms with Gasteiger partial charge in [0.05, 0.1) is 6.61 Å². The second-order valence-corrected chi connectivity index (χ2v) is 9.32. The van der Waals surface area contributed by atoms with Crippen molar-refractivity contribution in [3.05, 3.63) is 29.8 Å². The normalized spacial score (nSPS) is 11.9. The predicted molar refractivity (Wildman–Crippen MR) is 128 cm³/mol. The Labute approximate surface area is 196 Å². The summed E-state index contributed by atoms with van der Waals surface area (Å²) in [6.07, 6.45) is -0.547. The van der Waals surface area contributed by atoms with Gasteiger partial charge in [-0.3, -0.25) is 21.0 Å². The summed E-state index contributed by atoms with van der Waals surface area (Å²) in [5.74, 6) is 0.994. The molecule has 10 nitrogen and oxygen atoms in total. The fraction of sp³-hybridized carbons (Fsp3) is 0.565. The topological polar surface area (TPSA) is 125 Å². The number of hydrogen-bond donors (Lipinski definition) is 3. The molecule has 0 atom stereocenters. The molecule has 0 aromatic heterocycles. The van der Waals surface area contributed by atoms with E-state index in [-0.39, 0.29) is 5.84 Å². The van der Waals surface area contributed by atoms with E-state index < -0.39 is 23.4 Å². The van der Waals surface area contributed by atoms with Crippen LogP contribution in [0.15, 0.2) is 29.3 Å². The summed E-state index contributed by atoms with van der Waals surface area (Å²) >= 11 is 0. The number of guanidine groups is 1. The highest BCUT2D eigenvalue weighted by Crippen LogP contribution is 2.13. The van der Waals surface area contributed by atoms with Crippen molar-refractivity contribution in [2.75, 3.05) is 27.2 Å².